The van der Waals surface area contributed by atoms with E-state index in [0.29, 0.717) is 32.5 Å². The van der Waals surface area contributed by atoms with Crippen LogP contribution in [-0.4, -0.2) is 40.6 Å². The number of unbranched alkanes of at least 4 members (excludes halogenated alkanes) is 1. The second-order valence-corrected chi connectivity index (χ2v) is 7.70. The van der Waals surface area contributed by atoms with Crippen LogP contribution in [0.4, 0.5) is 5.69 Å². The Labute approximate surface area is 144 Å². The molecule has 2 rings (SSSR count). The van der Waals surface area contributed by atoms with E-state index < -0.39 is 10.0 Å². The summed E-state index contributed by atoms with van der Waals surface area (Å²) in [6.45, 7) is 5.86. The van der Waals surface area contributed by atoms with Crippen LogP contribution in [0.1, 0.15) is 38.7 Å². The molecule has 0 fully saturated rings. The van der Waals surface area contributed by atoms with Crippen LogP contribution < -0.4 is 9.62 Å². The number of nitrogens with zero attached hydrogens (tertiary/aromatic N) is 1. The van der Waals surface area contributed by atoms with Crippen LogP contribution >= 0.6 is 0 Å². The van der Waals surface area contributed by atoms with E-state index in [4.69, 9.17) is 4.74 Å². The van der Waals surface area contributed by atoms with E-state index in [1.165, 1.54) is 6.92 Å². The molecular formula is C17H26N2O4S. The molecule has 24 heavy (non-hydrogen) atoms. The van der Waals surface area contributed by atoms with Crippen LogP contribution in [0.2, 0.25) is 0 Å². The number of hydrogen-bond donors (Lipinski definition) is 1. The van der Waals surface area contributed by atoms with Gasteiger partial charge in [-0.25, -0.2) is 13.1 Å². The van der Waals surface area contributed by atoms with Gasteiger partial charge in [-0.1, -0.05) is 13.3 Å². The van der Waals surface area contributed by atoms with Crippen molar-refractivity contribution in [2.45, 2.75) is 44.4 Å². The molecular weight excluding hydrogens is 328 g/mol. The van der Waals surface area contributed by atoms with Gasteiger partial charge in [-0.05, 0) is 43.0 Å². The summed E-state index contributed by atoms with van der Waals surface area (Å²) in [6.07, 6.45) is 3.44. The van der Waals surface area contributed by atoms with Gasteiger partial charge in [0, 0.05) is 38.9 Å². The molecule has 0 aliphatic carbocycles. The third-order valence-corrected chi connectivity index (χ3v) is 5.50. The van der Waals surface area contributed by atoms with Crippen molar-refractivity contribution < 1.29 is 17.9 Å². The SMILES string of the molecule is CCCCOCCCNS(=O)(=O)c1ccc2c(c1)CCN2C(C)=O. The van der Waals surface area contributed by atoms with Gasteiger partial charge in [0.1, 0.15) is 0 Å². The van der Waals surface area contributed by atoms with Crippen molar-refractivity contribution >= 4 is 21.6 Å². The molecule has 0 bridgehead atoms. The summed E-state index contributed by atoms with van der Waals surface area (Å²) in [7, 11) is -3.53. The zero-order valence-corrected chi connectivity index (χ0v) is 15.2. The highest BCUT2D eigenvalue weighted by atomic mass is 32.2. The molecule has 0 saturated carbocycles. The summed E-state index contributed by atoms with van der Waals surface area (Å²) in [5.41, 5.74) is 1.71. The average Bonchev–Trinajstić information content (AvgIpc) is 2.97. The van der Waals surface area contributed by atoms with E-state index in [-0.39, 0.29) is 10.8 Å². The standard InChI is InChI=1S/C17H26N2O4S/c1-3-4-11-23-12-5-9-18-24(21,22)16-6-7-17-15(13-16)8-10-19(17)14(2)20/h6-7,13,18H,3-5,8-12H2,1-2H3. The molecule has 1 aromatic rings. The predicted octanol–water partition coefficient (Wildman–Crippen LogP) is 2.08. The number of rotatable bonds is 9. The third-order valence-electron chi connectivity index (χ3n) is 4.04. The highest BCUT2D eigenvalue weighted by Crippen LogP contribution is 2.30. The minimum Gasteiger partial charge on any atom is -0.381 e. The first-order valence-corrected chi connectivity index (χ1v) is 9.92. The van der Waals surface area contributed by atoms with Crippen molar-refractivity contribution in [3.05, 3.63) is 23.8 Å². The lowest BCUT2D eigenvalue weighted by molar-refractivity contribution is -0.116. The monoisotopic (exact) mass is 354 g/mol. The maximum atomic E-state index is 12.4. The van der Waals surface area contributed by atoms with Crippen LogP contribution in [-0.2, 0) is 26.0 Å². The van der Waals surface area contributed by atoms with E-state index in [2.05, 4.69) is 11.6 Å². The number of hydrogen-bond acceptors (Lipinski definition) is 4. The van der Waals surface area contributed by atoms with Gasteiger partial charge in [0.15, 0.2) is 0 Å². The summed E-state index contributed by atoms with van der Waals surface area (Å²) in [4.78, 5) is 13.5. The molecule has 1 aromatic carbocycles. The van der Waals surface area contributed by atoms with Gasteiger partial charge in [0.2, 0.25) is 15.9 Å². The summed E-state index contributed by atoms with van der Waals surface area (Å²) in [5, 5.41) is 0. The largest absolute Gasteiger partial charge is 0.381 e. The number of carbonyl (C=O) groups is 1. The normalized spacial score (nSPS) is 14.0. The second kappa shape index (κ2) is 8.60. The maximum Gasteiger partial charge on any atom is 0.240 e. The summed E-state index contributed by atoms with van der Waals surface area (Å²) in [5.74, 6) is -0.0226. The molecule has 0 atom stereocenters. The molecule has 1 aliphatic heterocycles. The quantitative estimate of drug-likeness (QED) is 0.689. The first kappa shape index (κ1) is 18.9. The van der Waals surface area contributed by atoms with Crippen LogP contribution in [0.5, 0.6) is 0 Å². The highest BCUT2D eigenvalue weighted by molar-refractivity contribution is 7.89. The van der Waals surface area contributed by atoms with E-state index >= 15 is 0 Å². The number of amides is 1. The lowest BCUT2D eigenvalue weighted by atomic mass is 10.2. The number of carbonyl (C=O) groups excluding carboxylic acids is 1. The van der Waals surface area contributed by atoms with E-state index in [1.54, 1.807) is 23.1 Å². The molecule has 1 amide bonds. The number of nitrogens with one attached hydrogen (secondary N) is 1. The van der Waals surface area contributed by atoms with Crippen molar-refractivity contribution in [1.82, 2.24) is 4.72 Å². The highest BCUT2D eigenvalue weighted by Gasteiger charge is 2.24. The molecule has 0 spiro atoms. The minimum atomic E-state index is -3.53. The van der Waals surface area contributed by atoms with Crippen molar-refractivity contribution in [3.63, 3.8) is 0 Å². The Morgan fingerprint density at radius 3 is 2.75 bits per heavy atom. The molecule has 0 saturated heterocycles. The van der Waals surface area contributed by atoms with Crippen LogP contribution in [0, 0.1) is 0 Å². The molecule has 0 radical (unpaired) electrons. The molecule has 1 heterocycles. The van der Waals surface area contributed by atoms with Crippen molar-refractivity contribution in [2.75, 3.05) is 31.2 Å². The number of fused-ring (bicyclic) bond motifs is 1. The van der Waals surface area contributed by atoms with Gasteiger partial charge in [0.05, 0.1) is 4.90 Å². The zero-order chi connectivity index (χ0) is 17.6. The maximum absolute atomic E-state index is 12.4. The Hall–Kier alpha value is -1.44. The van der Waals surface area contributed by atoms with Gasteiger partial charge in [0.25, 0.3) is 0 Å². The van der Waals surface area contributed by atoms with Crippen LogP contribution in [0.25, 0.3) is 0 Å². The lowest BCUT2D eigenvalue weighted by Crippen LogP contribution is -2.26. The first-order valence-electron chi connectivity index (χ1n) is 8.44. The minimum absolute atomic E-state index is 0.0226. The number of ether oxygens (including phenoxy) is 1. The lowest BCUT2D eigenvalue weighted by Gasteiger charge is -2.15. The molecule has 0 aromatic heterocycles. The Balaban J connectivity index is 1.90. The number of benzene rings is 1. The first-order chi connectivity index (χ1) is 11.5. The summed E-state index contributed by atoms with van der Waals surface area (Å²) in [6, 6.07) is 4.94. The zero-order valence-electron chi connectivity index (χ0n) is 14.4. The van der Waals surface area contributed by atoms with Crippen LogP contribution in [0.15, 0.2) is 23.1 Å². The van der Waals surface area contributed by atoms with E-state index in [9.17, 15) is 13.2 Å². The van der Waals surface area contributed by atoms with Gasteiger partial charge >= 0.3 is 0 Å². The fraction of sp³-hybridized carbons (Fsp3) is 0.588. The molecule has 134 valence electrons. The smallest absolute Gasteiger partial charge is 0.240 e. The van der Waals surface area contributed by atoms with Crippen LogP contribution in [0.3, 0.4) is 0 Å². The fourth-order valence-corrected chi connectivity index (χ4v) is 3.81. The second-order valence-electron chi connectivity index (χ2n) is 5.93. The molecule has 1 N–H and O–H groups in total. The predicted molar refractivity (Wildman–Crippen MR) is 93.7 cm³/mol. The summed E-state index contributed by atoms with van der Waals surface area (Å²) < 4.78 is 32.7. The van der Waals surface area contributed by atoms with Crippen molar-refractivity contribution in [3.8, 4) is 0 Å². The van der Waals surface area contributed by atoms with Crippen molar-refractivity contribution in [2.24, 2.45) is 0 Å². The van der Waals surface area contributed by atoms with Gasteiger partial charge in [-0.2, -0.15) is 0 Å². The van der Waals surface area contributed by atoms with E-state index in [0.717, 1.165) is 30.7 Å². The topological polar surface area (TPSA) is 75.7 Å². The molecule has 1 aliphatic rings. The molecule has 0 unspecified atom stereocenters. The van der Waals surface area contributed by atoms with Gasteiger partial charge in [-0.3, -0.25) is 4.79 Å². The third kappa shape index (κ3) is 4.78. The molecule has 7 heteroatoms. The van der Waals surface area contributed by atoms with Crippen molar-refractivity contribution in [1.29, 1.82) is 0 Å². The Morgan fingerprint density at radius 1 is 1.29 bits per heavy atom. The Kier molecular flexibility index (Phi) is 6.77. The number of sulfonamides is 1. The summed E-state index contributed by atoms with van der Waals surface area (Å²) >= 11 is 0. The van der Waals surface area contributed by atoms with Gasteiger partial charge in [-0.15, -0.1) is 0 Å². The fourth-order valence-electron chi connectivity index (χ4n) is 2.68. The Morgan fingerprint density at radius 2 is 2.04 bits per heavy atom. The molecule has 6 nitrogen and oxygen atoms in total. The Bertz CT molecular complexity index is 673. The van der Waals surface area contributed by atoms with Gasteiger partial charge < -0.3 is 9.64 Å². The number of anilines is 1. The van der Waals surface area contributed by atoms with E-state index in [1.807, 2.05) is 0 Å². The average molecular weight is 354 g/mol.